The van der Waals surface area contributed by atoms with Gasteiger partial charge in [-0.3, -0.25) is 5.41 Å². The van der Waals surface area contributed by atoms with Gasteiger partial charge in [-0.1, -0.05) is 22.0 Å². The lowest BCUT2D eigenvalue weighted by molar-refractivity contribution is 0.411. The first-order valence-electron chi connectivity index (χ1n) is 7.95. The Morgan fingerprint density at radius 3 is 2.72 bits per heavy atom. The van der Waals surface area contributed by atoms with Crippen molar-refractivity contribution in [3.8, 4) is 0 Å². The number of aromatic amines is 1. The van der Waals surface area contributed by atoms with Crippen LogP contribution in [0, 0.1) is 19.3 Å². The number of rotatable bonds is 2. The van der Waals surface area contributed by atoms with E-state index in [9.17, 15) is 5.11 Å². The van der Waals surface area contributed by atoms with E-state index < -0.39 is 0 Å². The van der Waals surface area contributed by atoms with Crippen LogP contribution in [-0.4, -0.2) is 27.5 Å². The fourth-order valence-electron chi connectivity index (χ4n) is 3.08. The molecular formula is C19H17BrN4O. The molecule has 3 aromatic rings. The van der Waals surface area contributed by atoms with Gasteiger partial charge in [-0.2, -0.15) is 0 Å². The average molecular weight is 397 g/mol. The van der Waals surface area contributed by atoms with E-state index in [2.05, 4.69) is 32.8 Å². The van der Waals surface area contributed by atoms with Gasteiger partial charge >= 0.3 is 0 Å². The molecule has 1 aliphatic heterocycles. The number of hydrogen-bond donors (Lipinski definition) is 3. The van der Waals surface area contributed by atoms with E-state index in [4.69, 9.17) is 5.41 Å². The summed E-state index contributed by atoms with van der Waals surface area (Å²) in [4.78, 5) is 9.60. The molecule has 126 valence electrons. The summed E-state index contributed by atoms with van der Waals surface area (Å²) in [6.07, 6.45) is 0. The zero-order chi connectivity index (χ0) is 17.7. The number of anilines is 1. The number of aliphatic hydroxyl groups excluding tert-OH is 1. The first-order valence-corrected chi connectivity index (χ1v) is 8.75. The molecule has 0 amide bonds. The highest BCUT2D eigenvalue weighted by Gasteiger charge is 2.31. The number of H-pyrrole nitrogens is 1. The Morgan fingerprint density at radius 1 is 1.20 bits per heavy atom. The molecule has 5 nitrogen and oxygen atoms in total. The normalized spacial score (nSPS) is 14.8. The Bertz CT molecular complexity index is 1010. The molecule has 3 N–H and O–H groups in total. The second kappa shape index (κ2) is 5.74. The highest BCUT2D eigenvalue weighted by molar-refractivity contribution is 9.10. The maximum absolute atomic E-state index is 10.5. The molecule has 4 rings (SSSR count). The van der Waals surface area contributed by atoms with Crippen molar-refractivity contribution in [2.45, 2.75) is 13.8 Å². The summed E-state index contributed by atoms with van der Waals surface area (Å²) in [5, 5.41) is 19.0. The largest absolute Gasteiger partial charge is 0.509 e. The molecule has 2 heterocycles. The van der Waals surface area contributed by atoms with Crippen molar-refractivity contribution in [1.29, 1.82) is 5.41 Å². The minimum Gasteiger partial charge on any atom is -0.509 e. The number of halogens is 1. The molecule has 0 fully saturated rings. The van der Waals surface area contributed by atoms with Crippen molar-refractivity contribution in [3.05, 3.63) is 63.6 Å². The summed E-state index contributed by atoms with van der Waals surface area (Å²) in [7, 11) is 0. The third-order valence-electron chi connectivity index (χ3n) is 4.56. The molecule has 6 heteroatoms. The van der Waals surface area contributed by atoms with E-state index in [1.54, 1.807) is 4.90 Å². The number of nitrogens with zero attached hydrogens (tertiary/aromatic N) is 2. The van der Waals surface area contributed by atoms with Crippen LogP contribution in [0.5, 0.6) is 0 Å². The third-order valence-corrected chi connectivity index (χ3v) is 5.05. The van der Waals surface area contributed by atoms with Crippen LogP contribution in [0.15, 0.2) is 46.6 Å². The van der Waals surface area contributed by atoms with E-state index in [0.717, 1.165) is 21.2 Å². The van der Waals surface area contributed by atoms with Gasteiger partial charge in [0.2, 0.25) is 0 Å². The van der Waals surface area contributed by atoms with Crippen molar-refractivity contribution >= 4 is 44.1 Å². The van der Waals surface area contributed by atoms with Crippen molar-refractivity contribution in [3.63, 3.8) is 0 Å². The molecule has 0 atom stereocenters. The molecule has 0 saturated carbocycles. The number of amidine groups is 1. The van der Waals surface area contributed by atoms with Crippen LogP contribution in [0.1, 0.15) is 17.0 Å². The van der Waals surface area contributed by atoms with E-state index in [1.807, 2.05) is 43.3 Å². The molecule has 0 bridgehead atoms. The Kier molecular flexibility index (Phi) is 3.65. The second-order valence-corrected chi connectivity index (χ2v) is 7.19. The predicted octanol–water partition coefficient (Wildman–Crippen LogP) is 4.71. The first-order chi connectivity index (χ1) is 11.9. The molecule has 0 aliphatic carbocycles. The van der Waals surface area contributed by atoms with Crippen LogP contribution >= 0.6 is 15.9 Å². The fourth-order valence-corrected chi connectivity index (χ4v) is 3.47. The number of aryl methyl sites for hydroxylation is 2. The van der Waals surface area contributed by atoms with Gasteiger partial charge in [0.05, 0.1) is 23.2 Å². The minimum absolute atomic E-state index is 0.150. The van der Waals surface area contributed by atoms with Crippen LogP contribution in [-0.2, 0) is 0 Å². The van der Waals surface area contributed by atoms with E-state index in [-0.39, 0.29) is 18.1 Å². The summed E-state index contributed by atoms with van der Waals surface area (Å²) in [6.45, 7) is 4.37. The van der Waals surface area contributed by atoms with Gasteiger partial charge in [0.1, 0.15) is 17.4 Å². The third kappa shape index (κ3) is 2.62. The maximum atomic E-state index is 10.5. The topological polar surface area (TPSA) is 76.0 Å². The number of aliphatic hydroxyl groups is 1. The monoisotopic (exact) mass is 396 g/mol. The smallest absolute Gasteiger partial charge is 0.145 e. The number of imidazole rings is 1. The molecule has 0 radical (unpaired) electrons. The number of fused-ring (bicyclic) bond motifs is 1. The molecule has 0 unspecified atom stereocenters. The van der Waals surface area contributed by atoms with E-state index >= 15 is 0 Å². The Hall–Kier alpha value is -2.60. The lowest BCUT2D eigenvalue weighted by Gasteiger charge is -2.18. The highest BCUT2D eigenvalue weighted by Crippen LogP contribution is 2.32. The number of benzene rings is 2. The van der Waals surface area contributed by atoms with E-state index in [0.29, 0.717) is 11.4 Å². The maximum Gasteiger partial charge on any atom is 0.145 e. The Morgan fingerprint density at radius 2 is 1.96 bits per heavy atom. The van der Waals surface area contributed by atoms with Crippen LogP contribution in [0.3, 0.4) is 0 Å². The fraction of sp³-hybridized carbons (Fsp3) is 0.158. The molecule has 2 aromatic carbocycles. The van der Waals surface area contributed by atoms with Gasteiger partial charge in [0, 0.05) is 10.2 Å². The lowest BCUT2D eigenvalue weighted by Crippen LogP contribution is -2.26. The zero-order valence-electron chi connectivity index (χ0n) is 13.9. The van der Waals surface area contributed by atoms with Crippen LogP contribution in [0.2, 0.25) is 0 Å². The molecule has 0 saturated heterocycles. The van der Waals surface area contributed by atoms with Gasteiger partial charge in [-0.25, -0.2) is 4.98 Å². The first kappa shape index (κ1) is 15.9. The SMILES string of the molecule is Cc1cc2nc(C3=C(O)CN(c4cccc(Br)c4)C3=N)[nH]c2cc1C. The number of aromatic nitrogens is 2. The van der Waals surface area contributed by atoms with Crippen LogP contribution < -0.4 is 4.90 Å². The molecule has 1 aliphatic rings. The average Bonchev–Trinajstić information content (AvgIpc) is 3.08. The second-order valence-electron chi connectivity index (χ2n) is 6.28. The van der Waals surface area contributed by atoms with Crippen molar-refractivity contribution in [2.75, 3.05) is 11.4 Å². The number of hydrogen-bond acceptors (Lipinski definition) is 3. The van der Waals surface area contributed by atoms with Crippen molar-refractivity contribution in [2.24, 2.45) is 0 Å². The van der Waals surface area contributed by atoms with Crippen molar-refractivity contribution < 1.29 is 5.11 Å². The predicted molar refractivity (Wildman–Crippen MR) is 104 cm³/mol. The molecule has 0 spiro atoms. The molecule has 25 heavy (non-hydrogen) atoms. The Labute approximate surface area is 153 Å². The summed E-state index contributed by atoms with van der Waals surface area (Å²) in [6, 6.07) is 11.8. The summed E-state index contributed by atoms with van der Waals surface area (Å²) < 4.78 is 0.931. The summed E-state index contributed by atoms with van der Waals surface area (Å²) in [5.41, 5.74) is 5.40. The highest BCUT2D eigenvalue weighted by atomic mass is 79.9. The van der Waals surface area contributed by atoms with E-state index in [1.165, 1.54) is 11.1 Å². The Balaban J connectivity index is 1.75. The lowest BCUT2D eigenvalue weighted by atomic mass is 10.1. The molecule has 1 aromatic heterocycles. The minimum atomic E-state index is 0.150. The van der Waals surface area contributed by atoms with Crippen molar-refractivity contribution in [1.82, 2.24) is 9.97 Å². The standard InChI is InChI=1S/C19H17BrN4O/c1-10-6-14-15(7-11(10)2)23-19(22-14)17-16(25)9-24(18(17)21)13-5-3-4-12(20)8-13/h3-8,21,25H,9H2,1-2H3,(H,22,23). The zero-order valence-corrected chi connectivity index (χ0v) is 15.5. The van der Waals surface area contributed by atoms with Gasteiger partial charge in [-0.05, 0) is 55.3 Å². The quantitative estimate of drug-likeness (QED) is 0.586. The molecular weight excluding hydrogens is 380 g/mol. The van der Waals surface area contributed by atoms with Gasteiger partial charge in [-0.15, -0.1) is 0 Å². The van der Waals surface area contributed by atoms with Crippen LogP contribution in [0.25, 0.3) is 16.6 Å². The van der Waals surface area contributed by atoms with Gasteiger partial charge < -0.3 is 15.0 Å². The summed E-state index contributed by atoms with van der Waals surface area (Å²) in [5.74, 6) is 0.917. The van der Waals surface area contributed by atoms with Gasteiger partial charge in [0.15, 0.2) is 0 Å². The number of nitrogens with one attached hydrogen (secondary N) is 2. The van der Waals surface area contributed by atoms with Crippen LogP contribution in [0.4, 0.5) is 5.69 Å². The van der Waals surface area contributed by atoms with Gasteiger partial charge in [0.25, 0.3) is 0 Å². The summed E-state index contributed by atoms with van der Waals surface area (Å²) >= 11 is 3.45.